The zero-order valence-electron chi connectivity index (χ0n) is 14.6. The number of ether oxygens (including phenoxy) is 1. The molecule has 0 bridgehead atoms. The van der Waals surface area contributed by atoms with Gasteiger partial charge in [-0.2, -0.15) is 0 Å². The molecular weight excluding hydrogens is 399 g/mol. The molecule has 1 fully saturated rings. The lowest BCUT2D eigenvalue weighted by Gasteiger charge is -2.08. The van der Waals surface area contributed by atoms with Crippen molar-refractivity contribution in [2.75, 3.05) is 13.2 Å². The summed E-state index contributed by atoms with van der Waals surface area (Å²) in [6.45, 7) is 3.74. The summed E-state index contributed by atoms with van der Waals surface area (Å²) in [4.78, 5) is 11.8. The van der Waals surface area contributed by atoms with E-state index in [-0.39, 0.29) is 35.7 Å². The van der Waals surface area contributed by atoms with E-state index >= 15 is 0 Å². The first-order valence-corrected chi connectivity index (χ1v) is 8.87. The third kappa shape index (κ3) is 5.03. The Kier molecular flexibility index (Phi) is 6.23. The van der Waals surface area contributed by atoms with Gasteiger partial charge in [0.05, 0.1) is 5.02 Å². The Labute approximate surface area is 163 Å². The van der Waals surface area contributed by atoms with Crippen molar-refractivity contribution < 1.29 is 27.1 Å². The molecule has 1 aliphatic rings. The van der Waals surface area contributed by atoms with Gasteiger partial charge >= 0.3 is 0 Å². The van der Waals surface area contributed by atoms with Gasteiger partial charge in [0.2, 0.25) is 18.2 Å². The maximum atomic E-state index is 13.3. The highest BCUT2D eigenvalue weighted by Crippen LogP contribution is 2.50. The number of aromatic nitrogens is 2. The van der Waals surface area contributed by atoms with Crippen LogP contribution in [0.15, 0.2) is 29.2 Å². The van der Waals surface area contributed by atoms with Gasteiger partial charge < -0.3 is 14.5 Å². The van der Waals surface area contributed by atoms with Crippen LogP contribution in [0.4, 0.5) is 13.2 Å². The Morgan fingerprint density at radius 2 is 2.21 bits per heavy atom. The van der Waals surface area contributed by atoms with Crippen LogP contribution in [0.25, 0.3) is 5.57 Å². The minimum Gasteiger partial charge on any atom is -0.484 e. The van der Waals surface area contributed by atoms with E-state index < -0.39 is 30.0 Å². The highest BCUT2D eigenvalue weighted by Gasteiger charge is 2.48. The van der Waals surface area contributed by atoms with E-state index in [1.165, 1.54) is 12.1 Å². The fraction of sp³-hybridized carbons (Fsp3) is 0.389. The van der Waals surface area contributed by atoms with Gasteiger partial charge in [0.15, 0.2) is 6.61 Å². The highest BCUT2D eigenvalue weighted by molar-refractivity contribution is 6.30. The summed E-state index contributed by atoms with van der Waals surface area (Å²) >= 11 is 5.57. The van der Waals surface area contributed by atoms with Crippen LogP contribution in [0.5, 0.6) is 5.75 Å². The predicted octanol–water partition coefficient (Wildman–Crippen LogP) is 3.83. The third-order valence-electron chi connectivity index (χ3n) is 4.23. The Hall–Kier alpha value is -2.55. The molecule has 6 nitrogen and oxygen atoms in total. The molecule has 1 heterocycles. The lowest BCUT2D eigenvalue weighted by molar-refractivity contribution is -0.123. The van der Waals surface area contributed by atoms with Crippen molar-refractivity contribution in [1.29, 1.82) is 0 Å². The Morgan fingerprint density at radius 1 is 1.43 bits per heavy atom. The number of alkyl halides is 2. The number of rotatable bonds is 9. The van der Waals surface area contributed by atoms with Gasteiger partial charge in [-0.15, -0.1) is 10.2 Å². The second-order valence-electron chi connectivity index (χ2n) is 6.35. The molecule has 2 atom stereocenters. The lowest BCUT2D eigenvalue weighted by atomic mass is 10.2. The quantitative estimate of drug-likeness (QED) is 0.673. The molecule has 10 heteroatoms. The Bertz CT molecular complexity index is 875. The van der Waals surface area contributed by atoms with Crippen LogP contribution in [0.2, 0.25) is 5.02 Å². The molecule has 1 saturated carbocycles. The van der Waals surface area contributed by atoms with Gasteiger partial charge in [-0.05, 0) is 25.0 Å². The molecule has 0 spiro atoms. The molecular formula is C18H17ClF3N3O3. The van der Waals surface area contributed by atoms with E-state index in [1.54, 1.807) is 0 Å². The maximum absolute atomic E-state index is 13.3. The number of carbonyl (C=O) groups excluding carboxylic acids is 1. The number of amides is 1. The third-order valence-corrected chi connectivity index (χ3v) is 4.54. The fourth-order valence-electron chi connectivity index (χ4n) is 2.53. The van der Waals surface area contributed by atoms with Gasteiger partial charge in [0.25, 0.3) is 5.91 Å². The molecule has 150 valence electrons. The molecule has 1 aliphatic carbocycles. The normalized spacial score (nSPS) is 18.2. The fourth-order valence-corrected chi connectivity index (χ4v) is 2.65. The molecule has 1 N–H and O–H groups in total. The van der Waals surface area contributed by atoms with Crippen molar-refractivity contribution in [3.8, 4) is 5.75 Å². The van der Waals surface area contributed by atoms with Crippen molar-refractivity contribution in [1.82, 2.24) is 15.5 Å². The first-order valence-electron chi connectivity index (χ1n) is 8.49. The van der Waals surface area contributed by atoms with Crippen LogP contribution < -0.4 is 10.1 Å². The molecule has 3 rings (SSSR count). The number of halogens is 4. The van der Waals surface area contributed by atoms with Gasteiger partial charge in [-0.1, -0.05) is 18.2 Å². The van der Waals surface area contributed by atoms with Crippen LogP contribution >= 0.6 is 11.6 Å². The van der Waals surface area contributed by atoms with Crippen molar-refractivity contribution in [2.24, 2.45) is 5.92 Å². The van der Waals surface area contributed by atoms with Gasteiger partial charge in [-0.25, -0.2) is 13.2 Å². The van der Waals surface area contributed by atoms with Crippen LogP contribution in [0, 0.1) is 11.7 Å². The predicted molar refractivity (Wildman–Crippen MR) is 94.7 cm³/mol. The number of carbonyl (C=O) groups is 1. The molecule has 2 aromatic rings. The smallest absolute Gasteiger partial charge is 0.257 e. The Balaban J connectivity index is 1.38. The minimum absolute atomic E-state index is 0.0362. The molecule has 0 aliphatic heterocycles. The first-order chi connectivity index (χ1) is 13.3. The summed E-state index contributed by atoms with van der Waals surface area (Å²) in [6.07, 6.45) is -1.74. The SMILES string of the molecule is C=C(CCNC(=O)COc1ccc(Cl)c(F)c1)c1nnc([C@H]2C[C@@H]2C(F)F)o1. The highest BCUT2D eigenvalue weighted by atomic mass is 35.5. The zero-order valence-corrected chi connectivity index (χ0v) is 15.4. The molecule has 1 aromatic carbocycles. The maximum Gasteiger partial charge on any atom is 0.257 e. The second kappa shape index (κ2) is 8.64. The van der Waals surface area contributed by atoms with Crippen molar-refractivity contribution in [3.05, 3.63) is 47.4 Å². The monoisotopic (exact) mass is 415 g/mol. The standard InChI is InChI=1S/C18H17ClF3N3O3/c1-9(17-24-25-18(28-17)12-7-11(12)16(21)22)4-5-23-15(26)8-27-10-2-3-13(19)14(20)6-10/h2-3,6,11-12,16H,1,4-5,7-8H2,(H,23,26)/t11-,12-/m0/s1. The summed E-state index contributed by atoms with van der Waals surface area (Å²) in [5.74, 6) is -1.64. The van der Waals surface area contributed by atoms with E-state index in [4.69, 9.17) is 20.8 Å². The number of benzene rings is 1. The topological polar surface area (TPSA) is 77.2 Å². The van der Waals surface area contributed by atoms with E-state index in [0.717, 1.165) is 6.07 Å². The molecule has 1 aromatic heterocycles. The average Bonchev–Trinajstić information content (AvgIpc) is 3.32. The van der Waals surface area contributed by atoms with Gasteiger partial charge in [0, 0.05) is 30.0 Å². The van der Waals surface area contributed by atoms with Gasteiger partial charge in [0.1, 0.15) is 11.6 Å². The summed E-state index contributed by atoms with van der Waals surface area (Å²) in [5.41, 5.74) is 0.481. The summed E-state index contributed by atoms with van der Waals surface area (Å²) in [5, 5.41) is 10.2. The average molecular weight is 416 g/mol. The number of nitrogens with one attached hydrogen (secondary N) is 1. The van der Waals surface area contributed by atoms with Crippen molar-refractivity contribution in [3.63, 3.8) is 0 Å². The largest absolute Gasteiger partial charge is 0.484 e. The second-order valence-corrected chi connectivity index (χ2v) is 6.76. The van der Waals surface area contributed by atoms with Crippen molar-refractivity contribution >= 4 is 23.1 Å². The number of hydrogen-bond acceptors (Lipinski definition) is 5. The Morgan fingerprint density at radius 3 is 2.89 bits per heavy atom. The van der Waals surface area contributed by atoms with Crippen LogP contribution in [0.1, 0.15) is 30.5 Å². The zero-order chi connectivity index (χ0) is 20.3. The number of nitrogens with zero attached hydrogens (tertiary/aromatic N) is 2. The first kappa shape index (κ1) is 20.2. The lowest BCUT2D eigenvalue weighted by Crippen LogP contribution is -2.29. The van der Waals surface area contributed by atoms with E-state index in [1.807, 2.05) is 0 Å². The van der Waals surface area contributed by atoms with Crippen molar-refractivity contribution in [2.45, 2.75) is 25.2 Å². The summed E-state index contributed by atoms with van der Waals surface area (Å²) in [6, 6.07) is 3.87. The van der Waals surface area contributed by atoms with Gasteiger partial charge in [-0.3, -0.25) is 4.79 Å². The van der Waals surface area contributed by atoms with E-state index in [2.05, 4.69) is 22.1 Å². The molecule has 1 amide bonds. The van der Waals surface area contributed by atoms with Crippen LogP contribution in [0.3, 0.4) is 0 Å². The number of hydrogen-bond donors (Lipinski definition) is 1. The molecule has 0 radical (unpaired) electrons. The summed E-state index contributed by atoms with van der Waals surface area (Å²) in [7, 11) is 0. The van der Waals surface area contributed by atoms with Crippen LogP contribution in [-0.4, -0.2) is 35.7 Å². The van der Waals surface area contributed by atoms with E-state index in [9.17, 15) is 18.0 Å². The minimum atomic E-state index is -2.40. The van der Waals surface area contributed by atoms with Crippen LogP contribution in [-0.2, 0) is 4.79 Å². The summed E-state index contributed by atoms with van der Waals surface area (Å²) < 4.78 is 49.0. The van der Waals surface area contributed by atoms with E-state index in [0.29, 0.717) is 18.4 Å². The molecule has 28 heavy (non-hydrogen) atoms. The molecule has 0 saturated heterocycles. The molecule has 0 unspecified atom stereocenters.